The molecular weight excluding hydrogens is 825 g/mol. The van der Waals surface area contributed by atoms with Crippen molar-refractivity contribution >= 4 is 44.0 Å². The number of likely N-dealkylation sites (tertiary alicyclic amines) is 1. The fraction of sp³-hybridized carbons (Fsp3) is 0.457. The molecule has 1 spiro atoms. The number of anilines is 2. The van der Waals surface area contributed by atoms with Crippen LogP contribution in [-0.2, 0) is 10.0 Å². The number of nitrogens with one attached hydrogen (secondary N) is 3. The van der Waals surface area contributed by atoms with Crippen LogP contribution in [0.4, 0.5) is 17.1 Å². The van der Waals surface area contributed by atoms with Crippen molar-refractivity contribution in [3.8, 4) is 17.2 Å². The minimum absolute atomic E-state index is 0.0343. The highest BCUT2D eigenvalue weighted by molar-refractivity contribution is 7.90. The summed E-state index contributed by atoms with van der Waals surface area (Å²) in [6, 6.07) is 18.1. The van der Waals surface area contributed by atoms with Gasteiger partial charge in [-0.25, -0.2) is 23.1 Å². The number of H-pyrrole nitrogens is 1. The van der Waals surface area contributed by atoms with Gasteiger partial charge in [-0.2, -0.15) is 0 Å². The average Bonchev–Trinajstić information content (AvgIpc) is 3.95. The third-order valence-electron chi connectivity index (χ3n) is 13.9. The number of para-hydroxylation sites is 1. The third-order valence-corrected chi connectivity index (χ3v) is 15.2. The van der Waals surface area contributed by atoms with Gasteiger partial charge in [-0.15, -0.1) is 0 Å². The summed E-state index contributed by atoms with van der Waals surface area (Å²) in [5, 5.41) is 26.3. The first-order valence-corrected chi connectivity index (χ1v) is 23.3. The van der Waals surface area contributed by atoms with E-state index in [0.29, 0.717) is 42.9 Å². The Morgan fingerprint density at radius 1 is 0.984 bits per heavy atom. The molecule has 4 aliphatic rings. The molecule has 3 aromatic heterocycles. The number of pyridine rings is 2. The van der Waals surface area contributed by atoms with E-state index >= 15 is 0 Å². The van der Waals surface area contributed by atoms with Crippen molar-refractivity contribution in [1.29, 1.82) is 0 Å². The number of carbonyl (C=O) groups excluding carboxylic acids is 1. The number of aromatic amines is 1. The molecule has 2 aliphatic carbocycles. The third kappa shape index (κ3) is 8.91. The van der Waals surface area contributed by atoms with Crippen LogP contribution < -0.4 is 24.4 Å². The van der Waals surface area contributed by atoms with Crippen molar-refractivity contribution in [3.05, 3.63) is 101 Å². The zero-order valence-corrected chi connectivity index (χ0v) is 36.4. The number of piperidine rings is 1. The largest absolute Gasteiger partial charge is 0.496 e. The quantitative estimate of drug-likeness (QED) is 0.0661. The second-order valence-electron chi connectivity index (χ2n) is 18.1. The number of benzene rings is 2. The van der Waals surface area contributed by atoms with Gasteiger partial charge in [0.2, 0.25) is 0 Å². The minimum atomic E-state index is -4.61. The van der Waals surface area contributed by atoms with E-state index in [1.54, 1.807) is 38.6 Å². The van der Waals surface area contributed by atoms with E-state index in [1.165, 1.54) is 30.3 Å². The minimum Gasteiger partial charge on any atom is -0.496 e. The fourth-order valence-electron chi connectivity index (χ4n) is 10.2. The molecule has 2 aliphatic heterocycles. The molecule has 0 radical (unpaired) electrons. The van der Waals surface area contributed by atoms with Crippen molar-refractivity contribution in [3.63, 3.8) is 0 Å². The molecule has 9 rings (SSSR count). The molecule has 16 nitrogen and oxygen atoms in total. The van der Waals surface area contributed by atoms with Gasteiger partial charge < -0.3 is 29.8 Å². The number of hydrogen-bond acceptors (Lipinski definition) is 13. The number of aliphatic hydroxyl groups is 1. The maximum atomic E-state index is 13.9. The van der Waals surface area contributed by atoms with Crippen LogP contribution in [0, 0.1) is 21.4 Å². The summed E-state index contributed by atoms with van der Waals surface area (Å²) in [5.41, 5.74) is 1.64. The smallest absolute Gasteiger partial charge is 0.293 e. The van der Waals surface area contributed by atoms with Gasteiger partial charge in [0.1, 0.15) is 22.8 Å². The summed E-state index contributed by atoms with van der Waals surface area (Å²) in [4.78, 5) is 41.8. The number of nitro groups is 1. The first kappa shape index (κ1) is 42.5. The molecule has 2 saturated carbocycles. The molecule has 5 aromatic rings. The van der Waals surface area contributed by atoms with Gasteiger partial charge in [0, 0.05) is 61.0 Å². The van der Waals surface area contributed by atoms with E-state index < -0.39 is 37.0 Å². The molecule has 332 valence electrons. The highest BCUT2D eigenvalue weighted by Gasteiger charge is 2.50. The van der Waals surface area contributed by atoms with Crippen LogP contribution in [0.1, 0.15) is 93.2 Å². The molecule has 17 heteroatoms. The van der Waals surface area contributed by atoms with Crippen LogP contribution in [0.5, 0.6) is 17.2 Å². The number of sulfonamides is 1. The Morgan fingerprint density at radius 3 is 2.52 bits per heavy atom. The van der Waals surface area contributed by atoms with E-state index in [0.717, 1.165) is 87.5 Å². The average molecular weight is 879 g/mol. The van der Waals surface area contributed by atoms with E-state index in [1.807, 2.05) is 12.1 Å². The fourth-order valence-corrected chi connectivity index (χ4v) is 11.2. The molecule has 5 heterocycles. The number of carbonyl (C=O) groups is 1. The molecule has 63 heavy (non-hydrogen) atoms. The predicted molar refractivity (Wildman–Crippen MR) is 238 cm³/mol. The van der Waals surface area contributed by atoms with Gasteiger partial charge >= 0.3 is 0 Å². The monoisotopic (exact) mass is 878 g/mol. The summed E-state index contributed by atoms with van der Waals surface area (Å²) < 4.78 is 41.5. The Hall–Kier alpha value is -5.78. The lowest BCUT2D eigenvalue weighted by atomic mass is 9.60. The topological polar surface area (TPSA) is 205 Å². The van der Waals surface area contributed by atoms with Crippen LogP contribution >= 0.6 is 0 Å². The lowest BCUT2D eigenvalue weighted by Crippen LogP contribution is -2.54. The molecule has 2 saturated heterocycles. The van der Waals surface area contributed by atoms with Crippen LogP contribution in [-0.4, -0.2) is 89.1 Å². The van der Waals surface area contributed by atoms with Gasteiger partial charge in [0.05, 0.1) is 40.6 Å². The highest BCUT2D eigenvalue weighted by atomic mass is 32.2. The number of rotatable bonds is 13. The second-order valence-corrected chi connectivity index (χ2v) is 19.8. The predicted octanol–water partition coefficient (Wildman–Crippen LogP) is 7.72. The number of nitrogens with zero attached hydrogens (tertiary/aromatic N) is 5. The number of methoxy groups -OCH3 is 1. The Labute approximate surface area is 366 Å². The number of aromatic nitrogens is 3. The van der Waals surface area contributed by atoms with Gasteiger partial charge in [0.15, 0.2) is 11.4 Å². The van der Waals surface area contributed by atoms with Gasteiger partial charge in [0.25, 0.3) is 21.6 Å². The standard InChI is InChI=1S/C46H54N8O8S/c1-45(56)14-11-30(12-15-45)27-48-37-10-9-35(24-39(37)54(57)58)63(59,60)51-44(55)42-41(62-34-22-31-13-18-47-43(31)50-29-34)23-32(28-49-42)52-20-16-46(17-21-52)25-33(26-46)53-19-5-7-38(53)36-6-3-4-8-40(36)61-2/h3-4,6,8-10,13,18,22-24,28-30,33,38,48,56H,5,7,11-12,14-17,19-21,25-27H2,1-2H3,(H,47,50)(H,51,55)/t30?,38-,45?/m0/s1. The molecule has 1 atom stereocenters. The van der Waals surface area contributed by atoms with Crippen LogP contribution in [0.25, 0.3) is 11.0 Å². The second kappa shape index (κ2) is 17.1. The van der Waals surface area contributed by atoms with E-state index in [9.17, 15) is 28.4 Å². The molecule has 2 aromatic carbocycles. The van der Waals surface area contributed by atoms with Crippen LogP contribution in [0.2, 0.25) is 0 Å². The Kier molecular flexibility index (Phi) is 11.5. The maximum absolute atomic E-state index is 13.9. The van der Waals surface area contributed by atoms with Gasteiger partial charge in [-0.05, 0) is 119 Å². The van der Waals surface area contributed by atoms with Crippen molar-refractivity contribution in [2.75, 3.05) is 43.5 Å². The maximum Gasteiger partial charge on any atom is 0.293 e. The molecule has 0 unspecified atom stereocenters. The molecule has 0 bridgehead atoms. The van der Waals surface area contributed by atoms with Crippen molar-refractivity contribution < 1.29 is 32.7 Å². The summed E-state index contributed by atoms with van der Waals surface area (Å²) in [6.07, 6.45) is 14.2. The van der Waals surface area contributed by atoms with Crippen LogP contribution in [0.3, 0.4) is 0 Å². The molecule has 1 amide bonds. The molecule has 4 fully saturated rings. The Morgan fingerprint density at radius 2 is 1.76 bits per heavy atom. The summed E-state index contributed by atoms with van der Waals surface area (Å²) >= 11 is 0. The van der Waals surface area contributed by atoms with Crippen LogP contribution in [0.15, 0.2) is 84.1 Å². The number of amides is 1. The zero-order valence-electron chi connectivity index (χ0n) is 35.6. The summed E-state index contributed by atoms with van der Waals surface area (Å²) in [5.74, 6) is 0.447. The normalized spacial score (nSPS) is 22.7. The van der Waals surface area contributed by atoms with E-state index in [-0.39, 0.29) is 28.5 Å². The Balaban J connectivity index is 0.896. The molecular formula is C46H54N8O8S. The van der Waals surface area contributed by atoms with E-state index in [4.69, 9.17) is 9.47 Å². The number of nitro benzene ring substituents is 1. The summed E-state index contributed by atoms with van der Waals surface area (Å²) in [6.45, 7) is 4.90. The highest BCUT2D eigenvalue weighted by Crippen LogP contribution is 2.54. The summed E-state index contributed by atoms with van der Waals surface area (Å²) in [7, 11) is -2.86. The van der Waals surface area contributed by atoms with Crippen molar-refractivity contribution in [2.24, 2.45) is 11.3 Å². The van der Waals surface area contributed by atoms with Gasteiger partial charge in [-0.1, -0.05) is 18.2 Å². The SMILES string of the molecule is COc1ccccc1[C@@H]1CCCN1C1CC2(CCN(c3cnc(C(=O)NS(=O)(=O)c4ccc(NCC5CCC(C)(O)CC5)c([N+](=O)[O-])c4)c(Oc4cnc5[nH]ccc5c4)c3)CC2)C1. The zero-order chi connectivity index (χ0) is 43.9. The Bertz CT molecular complexity index is 2610. The number of ether oxygens (including phenoxy) is 2. The first-order chi connectivity index (χ1) is 30.3. The lowest BCUT2D eigenvalue weighted by Gasteiger charge is -2.56. The van der Waals surface area contributed by atoms with Crippen molar-refractivity contribution in [1.82, 2.24) is 24.6 Å². The number of fused-ring (bicyclic) bond motifs is 1. The number of hydrogen-bond donors (Lipinski definition) is 4. The van der Waals surface area contributed by atoms with E-state index in [2.05, 4.69) is 53.0 Å². The first-order valence-electron chi connectivity index (χ1n) is 21.9. The molecule has 4 N–H and O–H groups in total. The lowest BCUT2D eigenvalue weighted by molar-refractivity contribution is -0.384. The van der Waals surface area contributed by atoms with Gasteiger partial charge in [-0.3, -0.25) is 19.8 Å². The van der Waals surface area contributed by atoms with Crippen molar-refractivity contribution in [2.45, 2.75) is 93.7 Å².